The lowest BCUT2D eigenvalue weighted by Crippen LogP contribution is -2.17. The summed E-state index contributed by atoms with van der Waals surface area (Å²) in [5.74, 6) is 0. The molecule has 2 aliphatic rings. The molecule has 316 valence electrons. The van der Waals surface area contributed by atoms with Crippen molar-refractivity contribution >= 4 is 67.8 Å². The highest BCUT2D eigenvalue weighted by Gasteiger charge is 2.39. The van der Waals surface area contributed by atoms with Gasteiger partial charge in [0.25, 0.3) is 0 Å². The largest absolute Gasteiger partial charge is 0.310 e. The van der Waals surface area contributed by atoms with Gasteiger partial charge in [0.05, 0.1) is 11.4 Å². The topological polar surface area (TPSA) is 6.48 Å². The lowest BCUT2D eigenvalue weighted by Gasteiger charge is -2.29. The van der Waals surface area contributed by atoms with E-state index in [1.54, 1.807) is 0 Å². The number of nitrogens with zero attached hydrogens (tertiary/aromatic N) is 2. The molecule has 0 amide bonds. The molecule has 2 aliphatic carbocycles. The number of fused-ring (bicyclic) bond motifs is 10. The lowest BCUT2D eigenvalue weighted by atomic mass is 9.81. The number of hydrogen-bond acceptors (Lipinski definition) is 2. The van der Waals surface area contributed by atoms with E-state index in [4.69, 9.17) is 0 Å². The Labute approximate surface area is 388 Å². The zero-order valence-electron chi connectivity index (χ0n) is 37.8. The van der Waals surface area contributed by atoms with Crippen LogP contribution in [0.2, 0.25) is 0 Å². The fourth-order valence-electron chi connectivity index (χ4n) is 11.1. The van der Waals surface area contributed by atoms with Gasteiger partial charge in [0.1, 0.15) is 0 Å². The molecule has 0 N–H and O–H groups in total. The van der Waals surface area contributed by atoms with Crippen LogP contribution in [0.4, 0.5) is 34.1 Å². The summed E-state index contributed by atoms with van der Waals surface area (Å²) in [6.07, 6.45) is 4.61. The first kappa shape index (κ1) is 39.6. The van der Waals surface area contributed by atoms with Crippen LogP contribution in [0.15, 0.2) is 218 Å². The number of benzene rings is 10. The van der Waals surface area contributed by atoms with Crippen LogP contribution in [0.5, 0.6) is 0 Å². The fourth-order valence-corrected chi connectivity index (χ4v) is 11.1. The molecule has 12 rings (SSSR count). The number of para-hydroxylation sites is 4. The minimum Gasteiger partial charge on any atom is -0.310 e. The molecule has 0 radical (unpaired) electrons. The second kappa shape index (κ2) is 15.4. The number of hydrogen-bond donors (Lipinski definition) is 0. The molecule has 0 saturated carbocycles. The summed E-state index contributed by atoms with van der Waals surface area (Å²) >= 11 is 0. The van der Waals surface area contributed by atoms with Gasteiger partial charge in [-0.25, -0.2) is 0 Å². The van der Waals surface area contributed by atoms with Crippen LogP contribution in [0.25, 0.3) is 56.0 Å². The van der Waals surface area contributed by atoms with Crippen molar-refractivity contribution < 1.29 is 0 Å². The normalized spacial score (nSPS) is 13.9. The van der Waals surface area contributed by atoms with Crippen LogP contribution in [0.1, 0.15) is 61.1 Å². The van der Waals surface area contributed by atoms with Crippen LogP contribution in [0, 0.1) is 0 Å². The average Bonchev–Trinajstić information content (AvgIpc) is 3.73. The van der Waals surface area contributed by atoms with Crippen LogP contribution >= 0.6 is 0 Å². The molecule has 0 aromatic heterocycles. The number of rotatable bonds is 8. The van der Waals surface area contributed by atoms with Crippen molar-refractivity contribution in [2.75, 3.05) is 9.80 Å². The van der Waals surface area contributed by atoms with Gasteiger partial charge in [-0.15, -0.1) is 0 Å². The second-order valence-electron chi connectivity index (χ2n) is 18.9. The van der Waals surface area contributed by atoms with E-state index < -0.39 is 0 Å². The maximum absolute atomic E-state index is 2.46. The Balaban J connectivity index is 0.919. The Morgan fingerprint density at radius 2 is 0.606 bits per heavy atom. The van der Waals surface area contributed by atoms with Gasteiger partial charge in [-0.3, -0.25) is 0 Å². The van der Waals surface area contributed by atoms with Crippen LogP contribution in [-0.2, 0) is 10.8 Å². The maximum Gasteiger partial charge on any atom is 0.0543 e. The molecule has 0 atom stereocenters. The van der Waals surface area contributed by atoms with Gasteiger partial charge >= 0.3 is 0 Å². The summed E-state index contributed by atoms with van der Waals surface area (Å²) in [6, 6.07) is 80.1. The molecule has 0 heterocycles. The van der Waals surface area contributed by atoms with Crippen LogP contribution in [0.3, 0.4) is 0 Å². The predicted octanol–water partition coefficient (Wildman–Crippen LogP) is 17.7. The van der Waals surface area contributed by atoms with Crippen molar-refractivity contribution in [3.63, 3.8) is 0 Å². The summed E-state index contributed by atoms with van der Waals surface area (Å²) in [6.45, 7) is 9.58. The lowest BCUT2D eigenvalue weighted by molar-refractivity contribution is 0.660. The molecule has 0 saturated heterocycles. The van der Waals surface area contributed by atoms with Crippen molar-refractivity contribution in [2.24, 2.45) is 0 Å². The van der Waals surface area contributed by atoms with Crippen molar-refractivity contribution in [1.29, 1.82) is 0 Å². The highest BCUT2D eigenvalue weighted by molar-refractivity contribution is 6.11. The summed E-state index contributed by atoms with van der Waals surface area (Å²) in [7, 11) is 0. The average molecular weight is 847 g/mol. The summed E-state index contributed by atoms with van der Waals surface area (Å²) in [5, 5.41) is 5.05. The van der Waals surface area contributed by atoms with Crippen molar-refractivity contribution in [2.45, 2.75) is 38.5 Å². The van der Waals surface area contributed by atoms with Gasteiger partial charge in [-0.2, -0.15) is 0 Å². The Morgan fingerprint density at radius 1 is 0.303 bits per heavy atom. The zero-order chi connectivity index (χ0) is 44.6. The van der Waals surface area contributed by atoms with Gasteiger partial charge in [0, 0.05) is 44.4 Å². The Hall–Kier alpha value is -7.94. The molecule has 0 unspecified atom stereocenters. The van der Waals surface area contributed by atoms with E-state index >= 15 is 0 Å². The third-order valence-electron chi connectivity index (χ3n) is 14.4. The third kappa shape index (κ3) is 6.24. The van der Waals surface area contributed by atoms with Gasteiger partial charge < -0.3 is 9.80 Å². The Kier molecular flexibility index (Phi) is 9.22. The maximum atomic E-state index is 2.46. The molecule has 0 aliphatic heterocycles. The quantitative estimate of drug-likeness (QED) is 0.141. The smallest absolute Gasteiger partial charge is 0.0543 e. The third-order valence-corrected chi connectivity index (χ3v) is 14.4. The van der Waals surface area contributed by atoms with Crippen molar-refractivity contribution in [3.8, 4) is 22.3 Å². The molecular formula is C64H50N2. The molecule has 2 heteroatoms. The van der Waals surface area contributed by atoms with E-state index in [9.17, 15) is 0 Å². The molecule has 10 aromatic carbocycles. The van der Waals surface area contributed by atoms with E-state index in [0.717, 1.165) is 22.7 Å². The monoisotopic (exact) mass is 846 g/mol. The van der Waals surface area contributed by atoms with E-state index in [-0.39, 0.29) is 10.8 Å². The first-order valence-electron chi connectivity index (χ1n) is 23.2. The molecule has 0 bridgehead atoms. The summed E-state index contributed by atoms with van der Waals surface area (Å²) in [5.41, 5.74) is 19.7. The second-order valence-corrected chi connectivity index (χ2v) is 18.9. The highest BCUT2D eigenvalue weighted by Crippen LogP contribution is 2.56. The van der Waals surface area contributed by atoms with Crippen molar-refractivity contribution in [3.05, 3.63) is 252 Å². The standard InChI is InChI=1S/C64H50N2/c1-63(2)55-39-43(35-37-53(55)61-51-31-19-17-29-49(51)59(41-57(61)63)65(45-21-9-5-10-22-45)46-23-11-6-12-24-46)33-34-44-36-38-54-56(40-44)64(3,4)58-42-60(50-30-18-20-32-52(50)62(54)58)66(47-25-13-7-14-26-47)48-27-15-8-16-28-48/h5-42H,1-4H3. The van der Waals surface area contributed by atoms with Gasteiger partial charge in [-0.05, 0) is 127 Å². The summed E-state index contributed by atoms with van der Waals surface area (Å²) in [4.78, 5) is 4.83. The van der Waals surface area contributed by atoms with Gasteiger partial charge in [-0.1, -0.05) is 198 Å². The molecule has 0 fully saturated rings. The molecule has 66 heavy (non-hydrogen) atoms. The fraction of sp³-hybridized carbons (Fsp3) is 0.0938. The first-order chi connectivity index (χ1) is 32.3. The van der Waals surface area contributed by atoms with E-state index in [1.807, 2.05) is 0 Å². The van der Waals surface area contributed by atoms with Crippen LogP contribution in [-0.4, -0.2) is 0 Å². The Morgan fingerprint density at radius 3 is 0.939 bits per heavy atom. The minimum absolute atomic E-state index is 0.214. The predicted molar refractivity (Wildman–Crippen MR) is 281 cm³/mol. The SMILES string of the molecule is CC1(C)c2cc(C=Cc3ccc4c(c3)C(C)(C)c3cc(N(c5ccccc5)c5ccccc5)c5ccccc5c3-4)ccc2-c2c1cc(N(c1ccccc1)c1ccccc1)c1ccccc21. The summed E-state index contributed by atoms with van der Waals surface area (Å²) < 4.78 is 0. The van der Waals surface area contributed by atoms with Crippen molar-refractivity contribution in [1.82, 2.24) is 0 Å². The van der Waals surface area contributed by atoms with E-state index in [2.05, 4.69) is 268 Å². The highest BCUT2D eigenvalue weighted by atomic mass is 15.1. The van der Waals surface area contributed by atoms with Gasteiger partial charge in [0.2, 0.25) is 0 Å². The molecule has 10 aromatic rings. The molecule has 2 nitrogen and oxygen atoms in total. The Bertz CT molecular complexity index is 3200. The zero-order valence-corrected chi connectivity index (χ0v) is 37.8. The van der Waals surface area contributed by atoms with E-state index in [0.29, 0.717) is 0 Å². The van der Waals surface area contributed by atoms with Crippen LogP contribution < -0.4 is 9.80 Å². The molecule has 0 spiro atoms. The minimum atomic E-state index is -0.214. The van der Waals surface area contributed by atoms with Gasteiger partial charge in [0.15, 0.2) is 0 Å². The number of anilines is 6. The van der Waals surface area contributed by atoms with E-state index in [1.165, 1.54) is 88.6 Å². The first-order valence-corrected chi connectivity index (χ1v) is 23.2. The molecular weight excluding hydrogens is 797 g/mol.